The molecule has 0 aliphatic heterocycles. The van der Waals surface area contributed by atoms with Crippen LogP contribution in [-0.4, -0.2) is 32.5 Å². The molecule has 1 atom stereocenters. The van der Waals surface area contributed by atoms with E-state index in [1.165, 1.54) is 0 Å². The molecule has 1 heterocycles. The first-order valence-electron chi connectivity index (χ1n) is 4.79. The van der Waals surface area contributed by atoms with Crippen molar-refractivity contribution in [1.29, 1.82) is 0 Å². The van der Waals surface area contributed by atoms with Gasteiger partial charge in [0.25, 0.3) is 0 Å². The lowest BCUT2D eigenvalue weighted by molar-refractivity contribution is 0.387. The van der Waals surface area contributed by atoms with E-state index in [1.54, 1.807) is 0 Å². The zero-order valence-corrected chi connectivity index (χ0v) is 9.76. The van der Waals surface area contributed by atoms with Crippen LogP contribution in [0.3, 0.4) is 0 Å². The van der Waals surface area contributed by atoms with E-state index in [1.807, 2.05) is 6.92 Å². The molecule has 8 heteroatoms. The Morgan fingerprint density at radius 3 is 2.50 bits per heavy atom. The van der Waals surface area contributed by atoms with Gasteiger partial charge in [0.15, 0.2) is 0 Å². The minimum atomic E-state index is -4.26. The van der Waals surface area contributed by atoms with Gasteiger partial charge in [0, 0.05) is 18.8 Å². The molecule has 0 unspecified atom stereocenters. The Hall–Kier alpha value is -0.850. The standard InChI is InChI=1S/C8H15N4O3P/c1-2-10-7(9)3-8-11-4-6(5-12-8)16(13,14)15/h4-5,7,10H,2-3,9H2,1H3,(H2,13,14,15)/t7-/m1/s1. The Labute approximate surface area is 93.3 Å². The van der Waals surface area contributed by atoms with Crippen LogP contribution in [-0.2, 0) is 11.0 Å². The van der Waals surface area contributed by atoms with E-state index < -0.39 is 7.60 Å². The predicted octanol–water partition coefficient (Wildman–Crippen LogP) is -1.28. The van der Waals surface area contributed by atoms with Gasteiger partial charge in [-0.1, -0.05) is 6.92 Å². The lowest BCUT2D eigenvalue weighted by Crippen LogP contribution is -2.39. The van der Waals surface area contributed by atoms with E-state index in [-0.39, 0.29) is 11.5 Å². The van der Waals surface area contributed by atoms with E-state index in [4.69, 9.17) is 15.5 Å². The highest BCUT2D eigenvalue weighted by molar-refractivity contribution is 7.60. The van der Waals surface area contributed by atoms with Crippen LogP contribution in [0.2, 0.25) is 0 Å². The molecule has 1 aromatic heterocycles. The summed E-state index contributed by atoms with van der Waals surface area (Å²) in [7, 11) is -4.26. The average Bonchev–Trinajstić information content (AvgIpc) is 2.17. The van der Waals surface area contributed by atoms with Gasteiger partial charge in [-0.2, -0.15) is 0 Å². The quantitative estimate of drug-likeness (QED) is 0.377. The maximum atomic E-state index is 10.8. The summed E-state index contributed by atoms with van der Waals surface area (Å²) in [6, 6.07) is 0. The second-order valence-electron chi connectivity index (χ2n) is 3.27. The Morgan fingerprint density at radius 1 is 1.50 bits per heavy atom. The molecule has 1 aromatic rings. The summed E-state index contributed by atoms with van der Waals surface area (Å²) in [6.45, 7) is 2.67. The summed E-state index contributed by atoms with van der Waals surface area (Å²) in [4.78, 5) is 25.4. The molecule has 0 spiro atoms. The van der Waals surface area contributed by atoms with Crippen LogP contribution in [0, 0.1) is 0 Å². The van der Waals surface area contributed by atoms with E-state index in [9.17, 15) is 4.57 Å². The maximum Gasteiger partial charge on any atom is 0.359 e. The average molecular weight is 246 g/mol. The molecule has 0 aliphatic carbocycles. The molecule has 0 radical (unpaired) electrons. The van der Waals surface area contributed by atoms with Gasteiger partial charge in [0.05, 0.1) is 6.17 Å². The molecule has 0 bridgehead atoms. The molecule has 0 aromatic carbocycles. The van der Waals surface area contributed by atoms with Gasteiger partial charge in [-0.3, -0.25) is 4.57 Å². The van der Waals surface area contributed by atoms with Gasteiger partial charge in [-0.05, 0) is 6.54 Å². The monoisotopic (exact) mass is 246 g/mol. The SMILES string of the molecule is CCN[C@@H](N)Cc1ncc(P(=O)(O)O)cn1. The third-order valence-corrected chi connectivity index (χ3v) is 2.80. The van der Waals surface area contributed by atoms with Crippen LogP contribution in [0.5, 0.6) is 0 Å². The van der Waals surface area contributed by atoms with E-state index in [0.717, 1.165) is 18.9 Å². The maximum absolute atomic E-state index is 10.8. The molecule has 1 rings (SSSR count). The van der Waals surface area contributed by atoms with Crippen molar-refractivity contribution in [2.24, 2.45) is 5.73 Å². The van der Waals surface area contributed by atoms with Crippen LogP contribution >= 0.6 is 7.60 Å². The first kappa shape index (κ1) is 13.2. The molecule has 0 saturated heterocycles. The number of aromatic nitrogens is 2. The summed E-state index contributed by atoms with van der Waals surface area (Å²) in [6.07, 6.45) is 2.41. The third kappa shape index (κ3) is 3.96. The number of nitrogens with zero attached hydrogens (tertiary/aromatic N) is 2. The van der Waals surface area contributed by atoms with Crippen LogP contribution in [0.15, 0.2) is 12.4 Å². The van der Waals surface area contributed by atoms with Gasteiger partial charge >= 0.3 is 7.60 Å². The summed E-state index contributed by atoms with van der Waals surface area (Å²) < 4.78 is 10.8. The fraction of sp³-hybridized carbons (Fsp3) is 0.500. The fourth-order valence-electron chi connectivity index (χ4n) is 1.13. The Kier molecular flexibility index (Phi) is 4.52. The lowest BCUT2D eigenvalue weighted by Gasteiger charge is -2.11. The predicted molar refractivity (Wildman–Crippen MR) is 59.1 cm³/mol. The third-order valence-electron chi connectivity index (χ3n) is 1.90. The second kappa shape index (κ2) is 5.47. The van der Waals surface area contributed by atoms with Crippen LogP contribution in [0.4, 0.5) is 0 Å². The van der Waals surface area contributed by atoms with Crippen LogP contribution < -0.4 is 16.4 Å². The highest BCUT2D eigenvalue weighted by Crippen LogP contribution is 2.31. The Morgan fingerprint density at radius 2 is 2.06 bits per heavy atom. The van der Waals surface area contributed by atoms with Crippen molar-refractivity contribution in [2.75, 3.05) is 6.54 Å². The van der Waals surface area contributed by atoms with Crippen molar-refractivity contribution in [1.82, 2.24) is 15.3 Å². The van der Waals surface area contributed by atoms with Gasteiger partial charge in [-0.25, -0.2) is 9.97 Å². The van der Waals surface area contributed by atoms with E-state index in [2.05, 4.69) is 15.3 Å². The minimum Gasteiger partial charge on any atom is -0.321 e. The van der Waals surface area contributed by atoms with E-state index >= 15 is 0 Å². The molecule has 0 amide bonds. The van der Waals surface area contributed by atoms with Crippen molar-refractivity contribution >= 4 is 12.9 Å². The Balaban J connectivity index is 2.69. The fourth-order valence-corrected chi connectivity index (χ4v) is 1.55. The zero-order valence-electron chi connectivity index (χ0n) is 8.87. The number of hydrogen-bond donors (Lipinski definition) is 4. The van der Waals surface area contributed by atoms with Gasteiger partial charge < -0.3 is 20.8 Å². The van der Waals surface area contributed by atoms with Crippen LogP contribution in [0.1, 0.15) is 12.7 Å². The smallest absolute Gasteiger partial charge is 0.321 e. The first-order chi connectivity index (χ1) is 7.43. The topological polar surface area (TPSA) is 121 Å². The molecule has 7 nitrogen and oxygen atoms in total. The molecule has 0 saturated carbocycles. The molecule has 90 valence electrons. The number of rotatable bonds is 5. The summed E-state index contributed by atoms with van der Waals surface area (Å²) in [5, 5.41) is 2.80. The first-order valence-corrected chi connectivity index (χ1v) is 6.40. The molecule has 0 aliphatic rings. The largest absolute Gasteiger partial charge is 0.359 e. The number of hydrogen-bond acceptors (Lipinski definition) is 5. The molecule has 0 fully saturated rings. The van der Waals surface area contributed by atoms with Crippen molar-refractivity contribution in [3.8, 4) is 0 Å². The number of likely N-dealkylation sites (N-methyl/N-ethyl adjacent to an activating group) is 1. The highest BCUT2D eigenvalue weighted by atomic mass is 31.2. The summed E-state index contributed by atoms with van der Waals surface area (Å²) in [5.74, 6) is 0.450. The molecule has 5 N–H and O–H groups in total. The van der Waals surface area contributed by atoms with Gasteiger partial charge in [0.2, 0.25) is 0 Å². The normalized spacial score (nSPS) is 13.8. The van der Waals surface area contributed by atoms with Gasteiger partial charge in [-0.15, -0.1) is 0 Å². The lowest BCUT2D eigenvalue weighted by atomic mass is 10.3. The van der Waals surface area contributed by atoms with Crippen LogP contribution in [0.25, 0.3) is 0 Å². The zero-order chi connectivity index (χ0) is 12.2. The van der Waals surface area contributed by atoms with Crippen molar-refractivity contribution in [3.63, 3.8) is 0 Å². The molecular weight excluding hydrogens is 231 g/mol. The summed E-state index contributed by atoms with van der Waals surface area (Å²) >= 11 is 0. The molecule has 16 heavy (non-hydrogen) atoms. The molecular formula is C8H15N4O3P. The summed E-state index contributed by atoms with van der Waals surface area (Å²) in [5.41, 5.74) is 5.70. The highest BCUT2D eigenvalue weighted by Gasteiger charge is 2.18. The minimum absolute atomic E-state index is 0.187. The number of nitrogens with two attached hydrogens (primary N) is 1. The Bertz CT molecular complexity index is 377. The van der Waals surface area contributed by atoms with Gasteiger partial charge in [0.1, 0.15) is 11.1 Å². The van der Waals surface area contributed by atoms with Crippen molar-refractivity contribution < 1.29 is 14.4 Å². The van der Waals surface area contributed by atoms with Crippen molar-refractivity contribution in [3.05, 3.63) is 18.2 Å². The number of nitrogens with one attached hydrogen (secondary N) is 1. The second-order valence-corrected chi connectivity index (χ2v) is 4.87. The van der Waals surface area contributed by atoms with Crippen molar-refractivity contribution in [2.45, 2.75) is 19.5 Å². The van der Waals surface area contributed by atoms with E-state index in [0.29, 0.717) is 12.2 Å².